The second kappa shape index (κ2) is 6.51. The van der Waals surface area contributed by atoms with Gasteiger partial charge in [-0.15, -0.1) is 0 Å². The molecule has 24 heavy (non-hydrogen) atoms. The molecule has 0 spiro atoms. The highest BCUT2D eigenvalue weighted by atomic mass is 35.5. The number of hydrazone groups is 1. The van der Waals surface area contributed by atoms with Crippen LogP contribution in [0.5, 0.6) is 5.75 Å². The number of aromatic nitrogens is 1. The Balaban J connectivity index is 1.85. The van der Waals surface area contributed by atoms with Crippen molar-refractivity contribution in [2.75, 3.05) is 5.43 Å². The van der Waals surface area contributed by atoms with Gasteiger partial charge in [0, 0.05) is 28.2 Å². The van der Waals surface area contributed by atoms with Gasteiger partial charge in [-0.3, -0.25) is 20.5 Å². The highest BCUT2D eigenvalue weighted by Gasteiger charge is 2.07. The van der Waals surface area contributed by atoms with E-state index in [1.54, 1.807) is 24.4 Å². The molecule has 0 amide bonds. The van der Waals surface area contributed by atoms with Crippen molar-refractivity contribution in [3.05, 3.63) is 69.4 Å². The number of rotatable bonds is 4. The summed E-state index contributed by atoms with van der Waals surface area (Å²) in [6.07, 6.45) is 3.02. The van der Waals surface area contributed by atoms with Crippen LogP contribution in [0.15, 0.2) is 53.8 Å². The molecular formula is C16H10ClN4O3-. The van der Waals surface area contributed by atoms with Crippen LogP contribution in [0.3, 0.4) is 0 Å². The van der Waals surface area contributed by atoms with E-state index in [-0.39, 0.29) is 0 Å². The predicted octanol–water partition coefficient (Wildman–Crippen LogP) is 3.32. The summed E-state index contributed by atoms with van der Waals surface area (Å²) in [4.78, 5) is 14.3. The van der Waals surface area contributed by atoms with Gasteiger partial charge in [0.05, 0.1) is 22.3 Å². The van der Waals surface area contributed by atoms with Gasteiger partial charge in [0.1, 0.15) is 0 Å². The fraction of sp³-hybridized carbons (Fsp3) is 0. The predicted molar refractivity (Wildman–Crippen MR) is 90.5 cm³/mol. The lowest BCUT2D eigenvalue weighted by Crippen LogP contribution is -1.99. The van der Waals surface area contributed by atoms with Crippen molar-refractivity contribution < 1.29 is 10.0 Å². The highest BCUT2D eigenvalue weighted by molar-refractivity contribution is 6.31. The maximum Gasteiger partial charge on any atom is 0.262 e. The molecule has 3 rings (SSSR count). The first-order chi connectivity index (χ1) is 11.5. The van der Waals surface area contributed by atoms with Gasteiger partial charge in [0.25, 0.3) is 5.69 Å². The lowest BCUT2D eigenvalue weighted by Gasteiger charge is -2.07. The normalized spacial score (nSPS) is 11.0. The molecule has 0 unspecified atom stereocenters. The first-order valence-electron chi connectivity index (χ1n) is 6.83. The largest absolute Gasteiger partial charge is 0.868 e. The average molecular weight is 342 g/mol. The van der Waals surface area contributed by atoms with E-state index in [9.17, 15) is 15.2 Å². The Kier molecular flexibility index (Phi) is 4.26. The van der Waals surface area contributed by atoms with Crippen LogP contribution in [-0.4, -0.2) is 16.1 Å². The molecule has 1 heterocycles. The molecule has 1 aromatic heterocycles. The fourth-order valence-electron chi connectivity index (χ4n) is 2.15. The number of pyridine rings is 1. The standard InChI is InChI=1S/C16H11ClN4O3/c17-11-2-3-12-13(5-6-18-14(12)8-11)20-19-9-10-1-4-16(22)15(7-10)21(23)24/h1-9,22H,(H,18,20)/p-1/b19-9-. The molecule has 1 N–H and O–H groups in total. The third-order valence-corrected chi connectivity index (χ3v) is 3.52. The molecule has 0 fully saturated rings. The van der Waals surface area contributed by atoms with Gasteiger partial charge in [-0.1, -0.05) is 23.7 Å². The van der Waals surface area contributed by atoms with Crippen LogP contribution in [0.1, 0.15) is 5.56 Å². The molecule has 8 heteroatoms. The highest BCUT2D eigenvalue weighted by Crippen LogP contribution is 2.25. The van der Waals surface area contributed by atoms with Crippen LogP contribution in [0.4, 0.5) is 11.4 Å². The molecule has 0 aliphatic carbocycles. The number of nitro groups is 1. The summed E-state index contributed by atoms with van der Waals surface area (Å²) in [5, 5.41) is 27.6. The van der Waals surface area contributed by atoms with Crippen LogP contribution in [0.2, 0.25) is 5.02 Å². The number of nitrogens with zero attached hydrogens (tertiary/aromatic N) is 3. The minimum absolute atomic E-state index is 0.440. The molecule has 0 atom stereocenters. The van der Waals surface area contributed by atoms with Crippen molar-refractivity contribution in [2.45, 2.75) is 0 Å². The van der Waals surface area contributed by atoms with E-state index in [1.165, 1.54) is 18.3 Å². The Morgan fingerprint density at radius 1 is 1.21 bits per heavy atom. The quantitative estimate of drug-likeness (QED) is 0.445. The van der Waals surface area contributed by atoms with E-state index in [0.29, 0.717) is 21.8 Å². The smallest absolute Gasteiger partial charge is 0.262 e. The van der Waals surface area contributed by atoms with Crippen molar-refractivity contribution in [3.8, 4) is 5.75 Å². The van der Waals surface area contributed by atoms with Gasteiger partial charge in [0.2, 0.25) is 0 Å². The van der Waals surface area contributed by atoms with E-state index in [2.05, 4.69) is 15.5 Å². The Bertz CT molecular complexity index is 959. The number of fused-ring (bicyclic) bond motifs is 1. The maximum atomic E-state index is 11.4. The molecule has 120 valence electrons. The monoisotopic (exact) mass is 341 g/mol. The zero-order chi connectivity index (χ0) is 17.1. The first-order valence-corrected chi connectivity index (χ1v) is 7.21. The third kappa shape index (κ3) is 3.26. The van der Waals surface area contributed by atoms with Crippen molar-refractivity contribution in [2.24, 2.45) is 5.10 Å². The van der Waals surface area contributed by atoms with Gasteiger partial charge in [-0.2, -0.15) is 5.10 Å². The van der Waals surface area contributed by atoms with E-state index in [0.717, 1.165) is 11.5 Å². The third-order valence-electron chi connectivity index (χ3n) is 3.28. The van der Waals surface area contributed by atoms with Crippen molar-refractivity contribution >= 4 is 40.1 Å². The number of halogens is 1. The summed E-state index contributed by atoms with van der Waals surface area (Å²) >= 11 is 5.94. The maximum absolute atomic E-state index is 11.4. The van der Waals surface area contributed by atoms with E-state index < -0.39 is 16.4 Å². The van der Waals surface area contributed by atoms with Gasteiger partial charge in [-0.05, 0) is 30.0 Å². The molecule has 0 bridgehead atoms. The topological polar surface area (TPSA) is 103 Å². The van der Waals surface area contributed by atoms with E-state index in [1.807, 2.05) is 6.07 Å². The van der Waals surface area contributed by atoms with Crippen molar-refractivity contribution in [1.29, 1.82) is 0 Å². The number of hydrogen-bond donors (Lipinski definition) is 1. The summed E-state index contributed by atoms with van der Waals surface area (Å²) < 4.78 is 0. The molecule has 7 nitrogen and oxygen atoms in total. The summed E-state index contributed by atoms with van der Waals surface area (Å²) in [5.41, 5.74) is 4.24. The van der Waals surface area contributed by atoms with Crippen LogP contribution in [-0.2, 0) is 0 Å². The molecule has 0 saturated heterocycles. The van der Waals surface area contributed by atoms with Crippen LogP contribution in [0, 0.1) is 10.1 Å². The minimum Gasteiger partial charge on any atom is -0.868 e. The molecule has 0 aliphatic rings. The second-order valence-electron chi connectivity index (χ2n) is 4.87. The van der Waals surface area contributed by atoms with Crippen molar-refractivity contribution in [1.82, 2.24) is 4.98 Å². The fourth-order valence-corrected chi connectivity index (χ4v) is 2.32. The number of nitro benzene ring substituents is 1. The number of benzene rings is 2. The van der Waals surface area contributed by atoms with Gasteiger partial charge in [-0.25, -0.2) is 0 Å². The van der Waals surface area contributed by atoms with Crippen LogP contribution in [0.25, 0.3) is 10.9 Å². The number of nitrogens with one attached hydrogen (secondary N) is 1. The van der Waals surface area contributed by atoms with E-state index in [4.69, 9.17) is 11.6 Å². The zero-order valence-corrected chi connectivity index (χ0v) is 12.9. The van der Waals surface area contributed by atoms with Crippen LogP contribution >= 0.6 is 11.6 Å². The van der Waals surface area contributed by atoms with Gasteiger partial charge < -0.3 is 5.11 Å². The molecule has 2 aromatic carbocycles. The Morgan fingerprint density at radius 3 is 2.83 bits per heavy atom. The molecular weight excluding hydrogens is 332 g/mol. The van der Waals surface area contributed by atoms with Gasteiger partial charge >= 0.3 is 0 Å². The summed E-state index contributed by atoms with van der Waals surface area (Å²) in [7, 11) is 0. The molecule has 3 aromatic rings. The van der Waals surface area contributed by atoms with Gasteiger partial charge in [0.15, 0.2) is 0 Å². The Morgan fingerprint density at radius 2 is 2.04 bits per heavy atom. The minimum atomic E-state index is -0.715. The lowest BCUT2D eigenvalue weighted by atomic mass is 10.2. The zero-order valence-electron chi connectivity index (χ0n) is 12.1. The average Bonchev–Trinajstić information content (AvgIpc) is 2.56. The summed E-state index contributed by atoms with van der Waals surface area (Å²) in [6, 6.07) is 10.8. The number of hydrogen-bond acceptors (Lipinski definition) is 6. The summed E-state index contributed by atoms with van der Waals surface area (Å²) in [6.45, 7) is 0. The lowest BCUT2D eigenvalue weighted by molar-refractivity contribution is -0.398. The first kappa shape index (κ1) is 15.7. The molecule has 0 saturated carbocycles. The Hall–Kier alpha value is -3.19. The molecule has 0 radical (unpaired) electrons. The van der Waals surface area contributed by atoms with Crippen LogP contribution < -0.4 is 10.5 Å². The van der Waals surface area contributed by atoms with E-state index >= 15 is 0 Å². The summed E-state index contributed by atoms with van der Waals surface area (Å²) in [5.74, 6) is -0.637. The SMILES string of the molecule is O=[N+]([O-])c1cc(/C=N\Nc2ccnc3cc(Cl)ccc23)ccc1[O-]. The number of anilines is 1. The van der Waals surface area contributed by atoms with Crippen molar-refractivity contribution in [3.63, 3.8) is 0 Å². The molecule has 0 aliphatic heterocycles. The Labute approximate surface area is 141 Å². The second-order valence-corrected chi connectivity index (χ2v) is 5.31.